The molecule has 4 rings (SSSR count). The van der Waals surface area contributed by atoms with E-state index in [0.29, 0.717) is 12.2 Å². The number of rotatable bonds is 6. The molecule has 166 valence electrons. The van der Waals surface area contributed by atoms with Gasteiger partial charge in [-0.1, -0.05) is 30.3 Å². The van der Waals surface area contributed by atoms with E-state index in [1.54, 1.807) is 17.8 Å². The van der Waals surface area contributed by atoms with Crippen LogP contribution in [0.2, 0.25) is 0 Å². The van der Waals surface area contributed by atoms with E-state index in [0.717, 1.165) is 30.1 Å². The summed E-state index contributed by atoms with van der Waals surface area (Å²) in [6, 6.07) is 20.0. The molecule has 1 unspecified atom stereocenters. The van der Waals surface area contributed by atoms with Crippen molar-refractivity contribution in [3.8, 4) is 0 Å². The van der Waals surface area contributed by atoms with Gasteiger partial charge in [0.25, 0.3) is 0 Å². The first-order chi connectivity index (χ1) is 15.5. The second kappa shape index (κ2) is 10.1. The Bertz CT molecular complexity index is 1110. The number of benzene rings is 2. The van der Waals surface area contributed by atoms with Crippen LogP contribution in [0.3, 0.4) is 0 Å². The van der Waals surface area contributed by atoms with E-state index in [1.165, 1.54) is 11.1 Å². The first kappa shape index (κ1) is 22.2. The summed E-state index contributed by atoms with van der Waals surface area (Å²) in [6.07, 6.45) is 4.95. The van der Waals surface area contributed by atoms with Gasteiger partial charge in [0.05, 0.1) is 6.04 Å². The van der Waals surface area contributed by atoms with Gasteiger partial charge in [-0.25, -0.2) is 0 Å². The Labute approximate surface area is 193 Å². The van der Waals surface area contributed by atoms with Crippen LogP contribution in [0.1, 0.15) is 22.9 Å². The molecule has 0 saturated heterocycles. The number of nitrogens with one attached hydrogen (secondary N) is 2. The van der Waals surface area contributed by atoms with Crippen molar-refractivity contribution in [3.05, 3.63) is 83.7 Å². The number of hydrogen-bond acceptors (Lipinski definition) is 4. The minimum absolute atomic E-state index is 0.0278. The molecule has 1 aliphatic heterocycles. The van der Waals surface area contributed by atoms with Crippen molar-refractivity contribution in [2.24, 2.45) is 7.05 Å². The summed E-state index contributed by atoms with van der Waals surface area (Å²) in [7, 11) is 2.01. The number of nitrogens with zero attached hydrogens (tertiary/aromatic N) is 2. The van der Waals surface area contributed by atoms with Crippen LogP contribution in [0.15, 0.2) is 71.8 Å². The summed E-state index contributed by atoms with van der Waals surface area (Å²) >= 11 is 1.58. The Morgan fingerprint density at radius 1 is 1.03 bits per heavy atom. The molecule has 0 radical (unpaired) electrons. The van der Waals surface area contributed by atoms with Gasteiger partial charge in [-0.3, -0.25) is 14.5 Å². The summed E-state index contributed by atoms with van der Waals surface area (Å²) in [5, 5.41) is 5.55. The van der Waals surface area contributed by atoms with E-state index >= 15 is 0 Å². The minimum Gasteiger partial charge on any atom is -0.353 e. The monoisotopic (exact) mass is 448 g/mol. The summed E-state index contributed by atoms with van der Waals surface area (Å²) in [4.78, 5) is 28.5. The summed E-state index contributed by atoms with van der Waals surface area (Å²) < 4.78 is 2.07. The number of carbonyl (C=O) groups excluding carboxylic acids is 2. The second-order valence-electron chi connectivity index (χ2n) is 7.95. The molecule has 6 nitrogen and oxygen atoms in total. The number of thioether (sulfide) groups is 1. The van der Waals surface area contributed by atoms with Crippen molar-refractivity contribution in [1.82, 2.24) is 14.8 Å². The molecule has 1 aromatic heterocycles. The maximum absolute atomic E-state index is 12.6. The van der Waals surface area contributed by atoms with Crippen LogP contribution in [0.25, 0.3) is 0 Å². The lowest BCUT2D eigenvalue weighted by atomic mass is 9.98. The molecule has 32 heavy (non-hydrogen) atoms. The van der Waals surface area contributed by atoms with Crippen LogP contribution < -0.4 is 10.6 Å². The van der Waals surface area contributed by atoms with Crippen molar-refractivity contribution < 1.29 is 9.59 Å². The van der Waals surface area contributed by atoms with E-state index in [4.69, 9.17) is 0 Å². The maximum Gasteiger partial charge on any atom is 0.313 e. The average molecular weight is 449 g/mol. The lowest BCUT2D eigenvalue weighted by molar-refractivity contribution is -0.136. The Morgan fingerprint density at radius 2 is 1.84 bits per heavy atom. The van der Waals surface area contributed by atoms with Gasteiger partial charge in [0, 0.05) is 49.2 Å². The molecule has 7 heteroatoms. The van der Waals surface area contributed by atoms with Crippen molar-refractivity contribution in [1.29, 1.82) is 0 Å². The number of aryl methyl sites for hydroxylation is 1. The van der Waals surface area contributed by atoms with Crippen molar-refractivity contribution in [2.75, 3.05) is 24.7 Å². The highest BCUT2D eigenvalue weighted by Crippen LogP contribution is 2.27. The summed E-state index contributed by atoms with van der Waals surface area (Å²) in [6.45, 7) is 2.07. The molecular formula is C25H28N4O2S. The van der Waals surface area contributed by atoms with Gasteiger partial charge < -0.3 is 15.2 Å². The third-order valence-electron chi connectivity index (χ3n) is 5.92. The van der Waals surface area contributed by atoms with Crippen molar-refractivity contribution in [3.63, 3.8) is 0 Å². The zero-order valence-corrected chi connectivity index (χ0v) is 19.2. The van der Waals surface area contributed by atoms with Crippen LogP contribution in [0.4, 0.5) is 5.69 Å². The molecule has 0 fully saturated rings. The number of amides is 2. The van der Waals surface area contributed by atoms with Gasteiger partial charge >= 0.3 is 11.8 Å². The van der Waals surface area contributed by atoms with E-state index in [-0.39, 0.29) is 6.04 Å². The van der Waals surface area contributed by atoms with E-state index < -0.39 is 11.8 Å². The molecule has 2 amide bonds. The number of aromatic nitrogens is 1. The lowest BCUT2D eigenvalue weighted by Gasteiger charge is -2.36. The smallest absolute Gasteiger partial charge is 0.313 e. The molecule has 1 atom stereocenters. The SMILES string of the molecule is CSc1cccc(NC(=O)C(=O)NCC(c2cccn2C)N2CCc3ccccc3C2)c1. The third kappa shape index (κ3) is 5.06. The lowest BCUT2D eigenvalue weighted by Crippen LogP contribution is -2.44. The zero-order valence-electron chi connectivity index (χ0n) is 18.4. The van der Waals surface area contributed by atoms with Crippen LogP contribution in [-0.4, -0.2) is 40.6 Å². The number of carbonyl (C=O) groups is 2. The normalized spacial score (nSPS) is 14.4. The first-order valence-electron chi connectivity index (χ1n) is 10.7. The molecule has 0 bridgehead atoms. The van der Waals surface area contributed by atoms with Gasteiger partial charge in [-0.05, 0) is 54.1 Å². The van der Waals surface area contributed by atoms with Crippen molar-refractivity contribution >= 4 is 29.3 Å². The first-order valence-corrected chi connectivity index (χ1v) is 11.9. The number of fused-ring (bicyclic) bond motifs is 1. The molecule has 3 aromatic rings. The predicted molar refractivity (Wildman–Crippen MR) is 129 cm³/mol. The van der Waals surface area contributed by atoms with Crippen LogP contribution in [0, 0.1) is 0 Å². The van der Waals surface area contributed by atoms with Crippen molar-refractivity contribution in [2.45, 2.75) is 23.9 Å². The standard InChI is InChI=1S/C25H28N4O2S/c1-28-13-6-11-22(28)23(29-14-12-18-7-3-4-8-19(18)17-29)16-26-24(30)25(31)27-20-9-5-10-21(15-20)32-2/h3-11,13,15,23H,12,14,16-17H2,1-2H3,(H,26,30)(H,27,31). The van der Waals surface area contributed by atoms with Gasteiger partial charge in [-0.15, -0.1) is 11.8 Å². The topological polar surface area (TPSA) is 66.4 Å². The van der Waals surface area contributed by atoms with Crippen LogP contribution >= 0.6 is 11.8 Å². The minimum atomic E-state index is -0.655. The highest BCUT2D eigenvalue weighted by molar-refractivity contribution is 7.98. The maximum atomic E-state index is 12.6. The van der Waals surface area contributed by atoms with Gasteiger partial charge in [0.15, 0.2) is 0 Å². The largest absolute Gasteiger partial charge is 0.353 e. The van der Waals surface area contributed by atoms with E-state index in [1.807, 2.05) is 43.8 Å². The van der Waals surface area contributed by atoms with Crippen LogP contribution in [0.5, 0.6) is 0 Å². The Kier molecular flexibility index (Phi) is 6.97. The molecule has 0 saturated carbocycles. The molecule has 2 heterocycles. The van der Waals surface area contributed by atoms with Crippen LogP contribution in [-0.2, 0) is 29.6 Å². The highest BCUT2D eigenvalue weighted by atomic mass is 32.2. The number of anilines is 1. The van der Waals surface area contributed by atoms with Gasteiger partial charge in [-0.2, -0.15) is 0 Å². The van der Waals surface area contributed by atoms with E-state index in [2.05, 4.69) is 50.4 Å². The second-order valence-corrected chi connectivity index (χ2v) is 8.82. The molecule has 2 aromatic carbocycles. The third-order valence-corrected chi connectivity index (χ3v) is 6.64. The predicted octanol–water partition coefficient (Wildman–Crippen LogP) is 3.60. The highest BCUT2D eigenvalue weighted by Gasteiger charge is 2.27. The zero-order chi connectivity index (χ0) is 22.5. The number of hydrogen-bond donors (Lipinski definition) is 2. The Hall–Kier alpha value is -3.03. The fraction of sp³-hybridized carbons (Fsp3) is 0.280. The molecule has 1 aliphatic rings. The fourth-order valence-electron chi connectivity index (χ4n) is 4.18. The average Bonchev–Trinajstić information content (AvgIpc) is 3.24. The molecule has 2 N–H and O–H groups in total. The van der Waals surface area contributed by atoms with E-state index in [9.17, 15) is 9.59 Å². The Morgan fingerprint density at radius 3 is 2.59 bits per heavy atom. The Balaban J connectivity index is 1.44. The summed E-state index contributed by atoms with van der Waals surface area (Å²) in [5.41, 5.74) is 4.42. The molecule has 0 aliphatic carbocycles. The molecular weight excluding hydrogens is 420 g/mol. The van der Waals surface area contributed by atoms with Gasteiger partial charge in [0.1, 0.15) is 0 Å². The fourth-order valence-corrected chi connectivity index (χ4v) is 4.64. The summed E-state index contributed by atoms with van der Waals surface area (Å²) in [5.74, 6) is -1.28. The quantitative estimate of drug-likeness (QED) is 0.447. The molecule has 0 spiro atoms. The van der Waals surface area contributed by atoms with Gasteiger partial charge in [0.2, 0.25) is 0 Å².